The summed E-state index contributed by atoms with van der Waals surface area (Å²) in [5.41, 5.74) is 8.92. The van der Waals surface area contributed by atoms with Gasteiger partial charge in [-0.05, 0) is 31.1 Å². The Balaban J connectivity index is 2.82. The maximum absolute atomic E-state index is 6.22. The molecule has 0 heterocycles. The number of benzene rings is 1. The highest BCUT2D eigenvalue weighted by Crippen LogP contribution is 2.33. The van der Waals surface area contributed by atoms with Crippen LogP contribution in [0.5, 0.6) is 0 Å². The Labute approximate surface area is 104 Å². The first-order chi connectivity index (χ1) is 7.69. The van der Waals surface area contributed by atoms with Crippen molar-refractivity contribution in [1.29, 1.82) is 0 Å². The fraction of sp³-hybridized carbons (Fsp3) is 0.571. The molecule has 2 atom stereocenters. The van der Waals surface area contributed by atoms with Crippen LogP contribution >= 0.6 is 11.8 Å². The van der Waals surface area contributed by atoms with Crippen LogP contribution in [0.3, 0.4) is 0 Å². The Morgan fingerprint density at radius 1 is 1.31 bits per heavy atom. The molecule has 0 aromatic heterocycles. The average Bonchev–Trinajstić information content (AvgIpc) is 2.29. The summed E-state index contributed by atoms with van der Waals surface area (Å²) in [7, 11) is 0. The molecule has 0 fully saturated rings. The fourth-order valence-electron chi connectivity index (χ4n) is 1.77. The minimum atomic E-state index is 0.262. The van der Waals surface area contributed by atoms with Gasteiger partial charge in [0.2, 0.25) is 0 Å². The van der Waals surface area contributed by atoms with Gasteiger partial charge < -0.3 is 5.73 Å². The second-order valence-corrected chi connectivity index (χ2v) is 5.53. The van der Waals surface area contributed by atoms with Crippen molar-refractivity contribution in [3.63, 3.8) is 0 Å². The van der Waals surface area contributed by atoms with Gasteiger partial charge in [0, 0.05) is 11.3 Å². The zero-order valence-electron chi connectivity index (χ0n) is 10.6. The standard InChI is InChI=1S/C14H23NS/c1-4-9-16-14(13(15)5-2)12-8-6-7-11(3)10-12/h6-8,10,13-14H,4-5,9,15H2,1-3H3. The van der Waals surface area contributed by atoms with Gasteiger partial charge in [-0.25, -0.2) is 0 Å². The summed E-state index contributed by atoms with van der Waals surface area (Å²) >= 11 is 1.99. The van der Waals surface area contributed by atoms with E-state index in [0.29, 0.717) is 5.25 Å². The van der Waals surface area contributed by atoms with Gasteiger partial charge >= 0.3 is 0 Å². The lowest BCUT2D eigenvalue weighted by Gasteiger charge is -2.23. The molecule has 16 heavy (non-hydrogen) atoms. The van der Waals surface area contributed by atoms with Crippen molar-refractivity contribution in [2.24, 2.45) is 5.73 Å². The maximum Gasteiger partial charge on any atom is 0.0448 e. The van der Waals surface area contributed by atoms with E-state index in [0.717, 1.165) is 6.42 Å². The molecule has 0 aliphatic heterocycles. The molecule has 0 radical (unpaired) electrons. The van der Waals surface area contributed by atoms with Crippen LogP contribution in [0, 0.1) is 6.92 Å². The van der Waals surface area contributed by atoms with Crippen LogP contribution in [0.25, 0.3) is 0 Å². The third-order valence-corrected chi connectivity index (χ3v) is 4.36. The van der Waals surface area contributed by atoms with Crippen LogP contribution < -0.4 is 5.73 Å². The summed E-state index contributed by atoms with van der Waals surface area (Å²) in [5.74, 6) is 1.19. The molecule has 0 aliphatic carbocycles. The van der Waals surface area contributed by atoms with Crippen LogP contribution in [0.4, 0.5) is 0 Å². The molecule has 1 aromatic carbocycles. The van der Waals surface area contributed by atoms with Gasteiger partial charge in [-0.3, -0.25) is 0 Å². The van der Waals surface area contributed by atoms with Crippen molar-refractivity contribution in [3.8, 4) is 0 Å². The van der Waals surface area contributed by atoms with Crippen molar-refractivity contribution >= 4 is 11.8 Å². The molecule has 1 rings (SSSR count). The Bertz CT molecular complexity index is 311. The summed E-state index contributed by atoms with van der Waals surface area (Å²) in [4.78, 5) is 0. The smallest absolute Gasteiger partial charge is 0.0448 e. The van der Waals surface area contributed by atoms with Crippen LogP contribution in [0.1, 0.15) is 43.1 Å². The van der Waals surface area contributed by atoms with Gasteiger partial charge in [0.1, 0.15) is 0 Å². The first-order valence-electron chi connectivity index (χ1n) is 6.12. The monoisotopic (exact) mass is 237 g/mol. The Hall–Kier alpha value is -0.470. The maximum atomic E-state index is 6.22. The summed E-state index contributed by atoms with van der Waals surface area (Å²) in [5, 5.41) is 0.449. The minimum absolute atomic E-state index is 0.262. The molecular formula is C14H23NS. The molecule has 90 valence electrons. The van der Waals surface area contributed by atoms with Crippen molar-refractivity contribution in [2.45, 2.75) is 44.9 Å². The molecule has 1 nitrogen and oxygen atoms in total. The summed E-state index contributed by atoms with van der Waals surface area (Å²) in [6.45, 7) is 6.53. The molecule has 0 bridgehead atoms. The van der Waals surface area contributed by atoms with E-state index in [1.807, 2.05) is 11.8 Å². The average molecular weight is 237 g/mol. The zero-order chi connectivity index (χ0) is 12.0. The first kappa shape index (κ1) is 13.6. The van der Waals surface area contributed by atoms with Gasteiger partial charge in [-0.15, -0.1) is 0 Å². The lowest BCUT2D eigenvalue weighted by atomic mass is 10.0. The molecule has 0 spiro atoms. The van der Waals surface area contributed by atoms with Crippen molar-refractivity contribution < 1.29 is 0 Å². The molecule has 1 aromatic rings. The SMILES string of the molecule is CCCSC(c1cccc(C)c1)C(N)CC. The Morgan fingerprint density at radius 3 is 2.62 bits per heavy atom. The second-order valence-electron chi connectivity index (χ2n) is 4.28. The van der Waals surface area contributed by atoms with E-state index < -0.39 is 0 Å². The van der Waals surface area contributed by atoms with E-state index in [-0.39, 0.29) is 6.04 Å². The predicted octanol–water partition coefficient (Wildman–Crippen LogP) is 3.92. The predicted molar refractivity (Wildman–Crippen MR) is 74.9 cm³/mol. The lowest BCUT2D eigenvalue weighted by molar-refractivity contribution is 0.633. The van der Waals surface area contributed by atoms with Crippen molar-refractivity contribution in [3.05, 3.63) is 35.4 Å². The number of aryl methyl sites for hydroxylation is 1. The first-order valence-corrected chi connectivity index (χ1v) is 7.17. The second kappa shape index (κ2) is 6.97. The number of thioether (sulfide) groups is 1. The highest BCUT2D eigenvalue weighted by molar-refractivity contribution is 7.99. The third kappa shape index (κ3) is 3.84. The Kier molecular flexibility index (Phi) is 5.93. The van der Waals surface area contributed by atoms with Crippen LogP contribution in [0.15, 0.2) is 24.3 Å². The summed E-state index contributed by atoms with van der Waals surface area (Å²) in [6.07, 6.45) is 2.25. The topological polar surface area (TPSA) is 26.0 Å². The number of nitrogens with two attached hydrogens (primary N) is 1. The zero-order valence-corrected chi connectivity index (χ0v) is 11.4. The van der Waals surface area contributed by atoms with E-state index in [1.54, 1.807) is 0 Å². The van der Waals surface area contributed by atoms with Gasteiger partial charge in [-0.2, -0.15) is 11.8 Å². The van der Waals surface area contributed by atoms with Crippen LogP contribution in [-0.2, 0) is 0 Å². The largest absolute Gasteiger partial charge is 0.326 e. The van der Waals surface area contributed by atoms with Gasteiger partial charge in [0.25, 0.3) is 0 Å². The normalized spacial score (nSPS) is 14.8. The van der Waals surface area contributed by atoms with Crippen LogP contribution in [-0.4, -0.2) is 11.8 Å². The molecule has 2 heteroatoms. The van der Waals surface area contributed by atoms with E-state index in [4.69, 9.17) is 5.73 Å². The highest BCUT2D eigenvalue weighted by atomic mass is 32.2. The molecule has 0 saturated carbocycles. The van der Waals surface area contributed by atoms with E-state index in [1.165, 1.54) is 23.3 Å². The lowest BCUT2D eigenvalue weighted by Crippen LogP contribution is -2.26. The van der Waals surface area contributed by atoms with Gasteiger partial charge in [0.15, 0.2) is 0 Å². The third-order valence-electron chi connectivity index (χ3n) is 2.73. The molecule has 2 unspecified atom stereocenters. The van der Waals surface area contributed by atoms with Gasteiger partial charge in [0.05, 0.1) is 0 Å². The number of hydrogen-bond acceptors (Lipinski definition) is 2. The number of rotatable bonds is 6. The summed E-state index contributed by atoms with van der Waals surface area (Å²) in [6, 6.07) is 9.01. The minimum Gasteiger partial charge on any atom is -0.326 e. The molecular weight excluding hydrogens is 214 g/mol. The van der Waals surface area contributed by atoms with E-state index in [2.05, 4.69) is 45.0 Å². The summed E-state index contributed by atoms with van der Waals surface area (Å²) < 4.78 is 0. The van der Waals surface area contributed by atoms with Crippen molar-refractivity contribution in [2.75, 3.05) is 5.75 Å². The van der Waals surface area contributed by atoms with E-state index >= 15 is 0 Å². The fourth-order valence-corrected chi connectivity index (χ4v) is 3.04. The Morgan fingerprint density at radius 2 is 2.06 bits per heavy atom. The van der Waals surface area contributed by atoms with Crippen molar-refractivity contribution in [1.82, 2.24) is 0 Å². The molecule has 0 amide bonds. The molecule has 2 N–H and O–H groups in total. The highest BCUT2D eigenvalue weighted by Gasteiger charge is 2.18. The van der Waals surface area contributed by atoms with Gasteiger partial charge in [-0.1, -0.05) is 43.7 Å². The van der Waals surface area contributed by atoms with Crippen LogP contribution in [0.2, 0.25) is 0 Å². The number of hydrogen-bond donors (Lipinski definition) is 1. The molecule has 0 aliphatic rings. The van der Waals surface area contributed by atoms with E-state index in [9.17, 15) is 0 Å². The quantitative estimate of drug-likeness (QED) is 0.811. The molecule has 0 saturated heterocycles.